The van der Waals surface area contributed by atoms with Gasteiger partial charge in [-0.25, -0.2) is 4.79 Å². The van der Waals surface area contributed by atoms with Gasteiger partial charge in [-0.15, -0.1) is 0 Å². The lowest BCUT2D eigenvalue weighted by molar-refractivity contribution is -0.579. The molecule has 0 spiro atoms. The van der Waals surface area contributed by atoms with Crippen LogP contribution in [0.15, 0.2) is 64.4 Å². The molecule has 0 amide bonds. The van der Waals surface area contributed by atoms with Crippen molar-refractivity contribution in [2.24, 2.45) is 0 Å². The van der Waals surface area contributed by atoms with Crippen molar-refractivity contribution in [3.8, 4) is 0 Å². The van der Waals surface area contributed by atoms with Gasteiger partial charge in [0.05, 0.1) is 5.39 Å². The number of nitrogens with zero attached hydrogens (tertiary/aromatic N) is 2. The number of pyridine rings is 1. The number of fused-ring (bicyclic) bond motifs is 1. The van der Waals surface area contributed by atoms with Crippen LogP contribution in [0.3, 0.4) is 0 Å². The van der Waals surface area contributed by atoms with Gasteiger partial charge in [0.15, 0.2) is 0 Å². The summed E-state index contributed by atoms with van der Waals surface area (Å²) in [7, 11) is 0. The fraction of sp³-hybridized carbons (Fsp3) is 0.333. The number of anilines is 1. The summed E-state index contributed by atoms with van der Waals surface area (Å²) in [6.07, 6.45) is 2.10. The van der Waals surface area contributed by atoms with Gasteiger partial charge in [0.2, 0.25) is 5.52 Å². The summed E-state index contributed by atoms with van der Waals surface area (Å²) in [4.78, 5) is 17.2. The molecule has 5 nitrogen and oxygen atoms in total. The van der Waals surface area contributed by atoms with Crippen LogP contribution in [0.2, 0.25) is 0 Å². The summed E-state index contributed by atoms with van der Waals surface area (Å²) in [5, 5.41) is 14.1. The fourth-order valence-corrected chi connectivity index (χ4v) is 4.56. The summed E-state index contributed by atoms with van der Waals surface area (Å²) in [5.41, 5.74) is 0.530. The van der Waals surface area contributed by atoms with Crippen LogP contribution < -0.4 is 9.63 Å². The lowest BCUT2D eigenvalue weighted by atomic mass is 10.1. The van der Waals surface area contributed by atoms with E-state index < -0.39 is 11.6 Å². The van der Waals surface area contributed by atoms with Crippen molar-refractivity contribution in [3.63, 3.8) is 0 Å². The van der Waals surface area contributed by atoms with Crippen LogP contribution in [-0.2, 0) is 4.74 Å². The first-order chi connectivity index (χ1) is 14.3. The number of rotatable bonds is 4. The smallest absolute Gasteiger partial charge is 0.407 e. The summed E-state index contributed by atoms with van der Waals surface area (Å²) < 4.78 is 6.31. The molecular weight excluding hydrogens is 396 g/mol. The minimum Gasteiger partial charge on any atom is -0.618 e. The van der Waals surface area contributed by atoms with Gasteiger partial charge in [-0.3, -0.25) is 0 Å². The second-order valence-electron chi connectivity index (χ2n) is 8.50. The maximum atomic E-state index is 13.3. The zero-order chi connectivity index (χ0) is 21.3. The van der Waals surface area contributed by atoms with E-state index in [0.29, 0.717) is 11.2 Å². The quantitative estimate of drug-likeness (QED) is 0.329. The molecule has 2 aromatic carbocycles. The van der Waals surface area contributed by atoms with Crippen LogP contribution in [0.4, 0.5) is 5.69 Å². The van der Waals surface area contributed by atoms with Gasteiger partial charge in [-0.05, 0) is 63.9 Å². The maximum Gasteiger partial charge on any atom is 0.407 e. The Morgan fingerprint density at radius 1 is 1.03 bits per heavy atom. The van der Waals surface area contributed by atoms with Crippen molar-refractivity contribution in [2.45, 2.75) is 49.0 Å². The number of carbonyl (C=O) groups excluding carboxylic acids is 1. The number of hydrogen-bond acceptors (Lipinski definition) is 5. The molecule has 4 rings (SSSR count). The Bertz CT molecular complexity index is 1070. The lowest BCUT2D eigenvalue weighted by Gasteiger charge is -2.23. The number of esters is 1. The third-order valence-electron chi connectivity index (χ3n) is 4.97. The number of ether oxygens (including phenoxy) is 1. The molecule has 3 aromatic rings. The molecule has 6 heteroatoms. The fourth-order valence-electron chi connectivity index (χ4n) is 3.67. The van der Waals surface area contributed by atoms with Crippen molar-refractivity contribution in [2.75, 3.05) is 18.0 Å². The van der Waals surface area contributed by atoms with Crippen LogP contribution in [0.1, 0.15) is 44.1 Å². The molecule has 0 bridgehead atoms. The van der Waals surface area contributed by atoms with Gasteiger partial charge < -0.3 is 14.8 Å². The first kappa shape index (κ1) is 20.5. The molecule has 156 valence electrons. The Balaban J connectivity index is 1.80. The molecule has 0 atom stereocenters. The highest BCUT2D eigenvalue weighted by Crippen LogP contribution is 2.32. The third kappa shape index (κ3) is 4.38. The Morgan fingerprint density at radius 2 is 1.73 bits per heavy atom. The van der Waals surface area contributed by atoms with Crippen LogP contribution >= 0.6 is 11.8 Å². The minimum absolute atomic E-state index is 0.0720. The average molecular weight is 423 g/mol. The van der Waals surface area contributed by atoms with Crippen molar-refractivity contribution in [1.82, 2.24) is 0 Å². The zero-order valence-electron chi connectivity index (χ0n) is 17.6. The molecule has 1 aromatic heterocycles. The predicted molar refractivity (Wildman–Crippen MR) is 120 cm³/mol. The van der Waals surface area contributed by atoms with E-state index in [9.17, 15) is 10.0 Å². The Labute approximate surface area is 181 Å². The van der Waals surface area contributed by atoms with E-state index in [0.717, 1.165) is 45.8 Å². The summed E-state index contributed by atoms with van der Waals surface area (Å²) in [6, 6.07) is 17.8. The van der Waals surface area contributed by atoms with Crippen LogP contribution in [0, 0.1) is 5.21 Å². The molecule has 1 aliphatic rings. The van der Waals surface area contributed by atoms with E-state index in [1.807, 2.05) is 57.2 Å². The van der Waals surface area contributed by atoms with Crippen molar-refractivity contribution in [3.05, 3.63) is 65.5 Å². The average Bonchev–Trinajstić information content (AvgIpc) is 3.21. The van der Waals surface area contributed by atoms with Crippen LogP contribution in [-0.4, -0.2) is 24.7 Å². The molecule has 30 heavy (non-hydrogen) atoms. The maximum absolute atomic E-state index is 13.3. The SMILES string of the molecule is CC(C)(C)OC(=O)c1c(N2CCCC2)cc2cc(Sc3ccccc3)ccc2[n+]1[O-]. The van der Waals surface area contributed by atoms with E-state index in [1.54, 1.807) is 17.8 Å². The van der Waals surface area contributed by atoms with Crippen molar-refractivity contribution < 1.29 is 14.3 Å². The normalized spacial score (nSPS) is 14.3. The molecular formula is C24H26N2O3S. The Hall–Kier alpha value is -2.73. The predicted octanol–water partition coefficient (Wildman–Crippen LogP) is 5.18. The summed E-state index contributed by atoms with van der Waals surface area (Å²) in [5.74, 6) is -0.580. The van der Waals surface area contributed by atoms with Gasteiger partial charge >= 0.3 is 11.7 Å². The molecule has 1 saturated heterocycles. The molecule has 0 unspecified atom stereocenters. The molecule has 0 saturated carbocycles. The topological polar surface area (TPSA) is 56.5 Å². The second-order valence-corrected chi connectivity index (χ2v) is 9.65. The van der Waals surface area contributed by atoms with Crippen LogP contribution in [0.25, 0.3) is 10.9 Å². The number of hydrogen-bond donors (Lipinski definition) is 0. The standard InChI is InChI=1S/C24H26N2O3S/c1-24(2,3)29-23(27)22-21(25-13-7-8-14-25)16-17-15-19(11-12-20(17)26(22)28)30-18-9-5-4-6-10-18/h4-6,9-12,15-16H,7-8,13-14H2,1-3H3. The minimum atomic E-state index is -0.669. The lowest BCUT2D eigenvalue weighted by Crippen LogP contribution is -2.41. The largest absolute Gasteiger partial charge is 0.618 e. The van der Waals surface area contributed by atoms with Gasteiger partial charge in [0.1, 0.15) is 11.3 Å². The van der Waals surface area contributed by atoms with Crippen molar-refractivity contribution >= 4 is 34.3 Å². The summed E-state index contributed by atoms with van der Waals surface area (Å²) in [6.45, 7) is 7.09. The molecule has 0 aliphatic carbocycles. The summed E-state index contributed by atoms with van der Waals surface area (Å²) >= 11 is 1.65. The molecule has 2 heterocycles. The monoisotopic (exact) mass is 422 g/mol. The van der Waals surface area contributed by atoms with E-state index in [1.165, 1.54) is 0 Å². The molecule has 0 radical (unpaired) electrons. The number of aromatic nitrogens is 1. The van der Waals surface area contributed by atoms with Gasteiger partial charge in [0.25, 0.3) is 0 Å². The van der Waals surface area contributed by atoms with Gasteiger partial charge in [0, 0.05) is 28.9 Å². The molecule has 0 N–H and O–H groups in total. The molecule has 1 aliphatic heterocycles. The van der Waals surface area contributed by atoms with E-state index in [4.69, 9.17) is 4.74 Å². The van der Waals surface area contributed by atoms with Crippen molar-refractivity contribution in [1.29, 1.82) is 0 Å². The number of benzene rings is 2. The van der Waals surface area contributed by atoms with E-state index in [2.05, 4.69) is 17.0 Å². The highest BCUT2D eigenvalue weighted by atomic mass is 32.2. The molecule has 1 fully saturated rings. The van der Waals surface area contributed by atoms with E-state index in [-0.39, 0.29) is 5.69 Å². The number of carbonyl (C=O) groups is 1. The highest BCUT2D eigenvalue weighted by molar-refractivity contribution is 7.99. The zero-order valence-corrected chi connectivity index (χ0v) is 18.4. The van der Waals surface area contributed by atoms with E-state index >= 15 is 0 Å². The van der Waals surface area contributed by atoms with Gasteiger partial charge in [-0.1, -0.05) is 30.0 Å². The van der Waals surface area contributed by atoms with Gasteiger partial charge in [-0.2, -0.15) is 4.73 Å². The second kappa shape index (κ2) is 8.19. The Morgan fingerprint density at radius 3 is 2.40 bits per heavy atom. The first-order valence-corrected chi connectivity index (χ1v) is 11.0. The first-order valence-electron chi connectivity index (χ1n) is 10.2. The Kier molecular flexibility index (Phi) is 5.60. The van der Waals surface area contributed by atoms with Crippen LogP contribution in [0.5, 0.6) is 0 Å². The highest BCUT2D eigenvalue weighted by Gasteiger charge is 2.33. The third-order valence-corrected chi connectivity index (χ3v) is 5.97.